The Morgan fingerprint density at radius 1 is 1.25 bits per heavy atom. The Labute approximate surface area is 98.7 Å². The lowest BCUT2D eigenvalue weighted by Gasteiger charge is -2.32. The van der Waals surface area contributed by atoms with Crippen molar-refractivity contribution in [1.82, 2.24) is 5.32 Å². The second-order valence-electron chi connectivity index (χ2n) is 4.82. The van der Waals surface area contributed by atoms with Gasteiger partial charge in [-0.3, -0.25) is 0 Å². The van der Waals surface area contributed by atoms with Crippen LogP contribution in [0.25, 0.3) is 0 Å². The maximum absolute atomic E-state index is 10.3. The molecule has 2 heteroatoms. The summed E-state index contributed by atoms with van der Waals surface area (Å²) in [5.74, 6) is 0. The summed E-state index contributed by atoms with van der Waals surface area (Å²) >= 11 is 0. The first kappa shape index (κ1) is 13.2. The van der Waals surface area contributed by atoms with Gasteiger partial charge in [-0.05, 0) is 32.4 Å². The predicted octanol–water partition coefficient (Wildman–Crippen LogP) is 2.89. The van der Waals surface area contributed by atoms with Crippen LogP contribution in [0.15, 0.2) is 30.3 Å². The maximum Gasteiger partial charge on any atom is 0.0966 e. The first-order chi connectivity index (χ1) is 7.58. The largest absolute Gasteiger partial charge is 0.387 e. The van der Waals surface area contributed by atoms with Crippen molar-refractivity contribution >= 4 is 0 Å². The van der Waals surface area contributed by atoms with Gasteiger partial charge in [0.15, 0.2) is 0 Å². The van der Waals surface area contributed by atoms with Crippen molar-refractivity contribution in [2.45, 2.75) is 45.3 Å². The van der Waals surface area contributed by atoms with E-state index in [0.717, 1.165) is 18.5 Å². The molecule has 1 rings (SSSR count). The summed E-state index contributed by atoms with van der Waals surface area (Å²) in [5.41, 5.74) is 0.688. The van der Waals surface area contributed by atoms with Crippen molar-refractivity contribution in [2.24, 2.45) is 0 Å². The predicted molar refractivity (Wildman–Crippen MR) is 68.4 cm³/mol. The van der Waals surface area contributed by atoms with Gasteiger partial charge >= 0.3 is 0 Å². The Kier molecular flexibility index (Phi) is 4.97. The molecule has 0 heterocycles. The van der Waals surface area contributed by atoms with Gasteiger partial charge in [0.05, 0.1) is 6.10 Å². The second-order valence-corrected chi connectivity index (χ2v) is 4.82. The van der Waals surface area contributed by atoms with Crippen LogP contribution in [0.2, 0.25) is 0 Å². The summed E-state index contributed by atoms with van der Waals surface area (Å²) in [4.78, 5) is 0. The van der Waals surface area contributed by atoms with Crippen molar-refractivity contribution in [1.29, 1.82) is 0 Å². The van der Waals surface area contributed by atoms with Crippen molar-refractivity contribution < 1.29 is 5.11 Å². The van der Waals surface area contributed by atoms with Crippen LogP contribution in [-0.4, -0.2) is 17.2 Å². The highest BCUT2D eigenvalue weighted by molar-refractivity contribution is 5.20. The van der Waals surface area contributed by atoms with E-state index in [1.165, 1.54) is 6.42 Å². The second kappa shape index (κ2) is 6.02. The zero-order valence-electron chi connectivity index (χ0n) is 10.5. The highest BCUT2D eigenvalue weighted by Gasteiger charge is 2.27. The lowest BCUT2D eigenvalue weighted by Crippen LogP contribution is -2.45. The van der Waals surface area contributed by atoms with Gasteiger partial charge in [-0.2, -0.15) is 0 Å². The summed E-state index contributed by atoms with van der Waals surface area (Å²) in [6, 6.07) is 9.82. The molecule has 0 radical (unpaired) electrons. The van der Waals surface area contributed by atoms with Crippen LogP contribution < -0.4 is 5.32 Å². The third-order valence-corrected chi connectivity index (χ3v) is 2.91. The lowest BCUT2D eigenvalue weighted by atomic mass is 9.91. The zero-order valence-corrected chi connectivity index (χ0v) is 10.5. The van der Waals surface area contributed by atoms with E-state index in [9.17, 15) is 5.11 Å². The molecule has 0 amide bonds. The number of nitrogens with one attached hydrogen (secondary N) is 1. The molecule has 0 bridgehead atoms. The minimum atomic E-state index is -0.467. The molecular weight excluding hydrogens is 198 g/mol. The highest BCUT2D eigenvalue weighted by atomic mass is 16.3. The summed E-state index contributed by atoms with van der Waals surface area (Å²) < 4.78 is 0. The van der Waals surface area contributed by atoms with Gasteiger partial charge in [-0.1, -0.05) is 43.7 Å². The van der Waals surface area contributed by atoms with E-state index in [1.807, 2.05) is 44.2 Å². The molecule has 1 aromatic rings. The third kappa shape index (κ3) is 3.62. The number of benzene rings is 1. The highest BCUT2D eigenvalue weighted by Crippen LogP contribution is 2.24. The van der Waals surface area contributed by atoms with Gasteiger partial charge in [0.1, 0.15) is 0 Å². The van der Waals surface area contributed by atoms with Crippen molar-refractivity contribution in [3.8, 4) is 0 Å². The van der Waals surface area contributed by atoms with Crippen molar-refractivity contribution in [3.05, 3.63) is 35.9 Å². The Balaban J connectivity index is 2.61. The molecule has 16 heavy (non-hydrogen) atoms. The molecule has 0 aromatic heterocycles. The van der Waals surface area contributed by atoms with E-state index in [0.29, 0.717) is 0 Å². The molecule has 90 valence electrons. The summed E-state index contributed by atoms with van der Waals surface area (Å²) in [7, 11) is 0. The van der Waals surface area contributed by atoms with Gasteiger partial charge in [-0.25, -0.2) is 0 Å². The summed E-state index contributed by atoms with van der Waals surface area (Å²) in [5, 5.41) is 13.7. The van der Waals surface area contributed by atoms with E-state index >= 15 is 0 Å². The smallest absolute Gasteiger partial charge is 0.0966 e. The van der Waals surface area contributed by atoms with Crippen LogP contribution in [0.4, 0.5) is 0 Å². The molecule has 2 nitrogen and oxygen atoms in total. The van der Waals surface area contributed by atoms with Crippen LogP contribution in [0.1, 0.15) is 45.3 Å². The van der Waals surface area contributed by atoms with Crippen molar-refractivity contribution in [2.75, 3.05) is 6.54 Å². The van der Waals surface area contributed by atoms with Crippen LogP contribution >= 0.6 is 0 Å². The van der Waals surface area contributed by atoms with Gasteiger partial charge < -0.3 is 10.4 Å². The topological polar surface area (TPSA) is 32.3 Å². The Bertz CT molecular complexity index is 295. The fourth-order valence-electron chi connectivity index (χ4n) is 1.74. The van der Waals surface area contributed by atoms with E-state index in [1.54, 1.807) is 0 Å². The molecule has 0 saturated heterocycles. The van der Waals surface area contributed by atoms with Gasteiger partial charge in [0.25, 0.3) is 0 Å². The number of hydrogen-bond acceptors (Lipinski definition) is 2. The van der Waals surface area contributed by atoms with Crippen LogP contribution in [0, 0.1) is 0 Å². The molecule has 0 saturated carbocycles. The maximum atomic E-state index is 10.3. The molecule has 0 aliphatic heterocycles. The average Bonchev–Trinajstić information content (AvgIpc) is 2.29. The SMILES string of the molecule is CCCCNC(C)(C)[C@@H](O)c1ccccc1. The Morgan fingerprint density at radius 2 is 1.88 bits per heavy atom. The van der Waals surface area contributed by atoms with Gasteiger partial charge in [0.2, 0.25) is 0 Å². The molecular formula is C14H23NO. The van der Waals surface area contributed by atoms with E-state index in [2.05, 4.69) is 12.2 Å². The fraction of sp³-hybridized carbons (Fsp3) is 0.571. The monoisotopic (exact) mass is 221 g/mol. The first-order valence-electron chi connectivity index (χ1n) is 6.06. The number of aliphatic hydroxyl groups excluding tert-OH is 1. The van der Waals surface area contributed by atoms with Crippen LogP contribution in [0.5, 0.6) is 0 Å². The molecule has 2 N–H and O–H groups in total. The number of aliphatic hydroxyl groups is 1. The summed E-state index contributed by atoms with van der Waals surface area (Å²) in [6.07, 6.45) is 1.85. The Hall–Kier alpha value is -0.860. The minimum absolute atomic E-state index is 0.281. The molecule has 0 aliphatic rings. The molecule has 0 spiro atoms. The molecule has 0 unspecified atom stereocenters. The minimum Gasteiger partial charge on any atom is -0.387 e. The van der Waals surface area contributed by atoms with Crippen LogP contribution in [0.3, 0.4) is 0 Å². The van der Waals surface area contributed by atoms with E-state index in [4.69, 9.17) is 0 Å². The van der Waals surface area contributed by atoms with E-state index in [-0.39, 0.29) is 5.54 Å². The van der Waals surface area contributed by atoms with Gasteiger partial charge in [-0.15, -0.1) is 0 Å². The Morgan fingerprint density at radius 3 is 2.44 bits per heavy atom. The standard InChI is InChI=1S/C14H23NO/c1-4-5-11-15-14(2,3)13(16)12-9-7-6-8-10-12/h6-10,13,15-16H,4-5,11H2,1-3H3/t13-/m0/s1. The number of hydrogen-bond donors (Lipinski definition) is 2. The molecule has 1 atom stereocenters. The van der Waals surface area contributed by atoms with Gasteiger partial charge in [0, 0.05) is 5.54 Å². The normalized spacial score (nSPS) is 13.8. The summed E-state index contributed by atoms with van der Waals surface area (Å²) in [6.45, 7) is 7.20. The third-order valence-electron chi connectivity index (χ3n) is 2.91. The molecule has 0 aliphatic carbocycles. The zero-order chi connectivity index (χ0) is 12.0. The number of rotatable bonds is 6. The molecule has 0 fully saturated rings. The first-order valence-corrected chi connectivity index (χ1v) is 6.06. The fourth-order valence-corrected chi connectivity index (χ4v) is 1.74. The quantitative estimate of drug-likeness (QED) is 0.724. The molecule has 1 aromatic carbocycles. The van der Waals surface area contributed by atoms with Crippen LogP contribution in [-0.2, 0) is 0 Å². The van der Waals surface area contributed by atoms with Crippen molar-refractivity contribution in [3.63, 3.8) is 0 Å². The lowest BCUT2D eigenvalue weighted by molar-refractivity contribution is 0.0803. The average molecular weight is 221 g/mol. The number of unbranched alkanes of at least 4 members (excludes halogenated alkanes) is 1. The van der Waals surface area contributed by atoms with E-state index < -0.39 is 6.10 Å².